The van der Waals surface area contributed by atoms with Crippen LogP contribution in [0.5, 0.6) is 0 Å². The Kier molecular flexibility index (Phi) is 4.45. The van der Waals surface area contributed by atoms with Gasteiger partial charge in [0.25, 0.3) is 0 Å². The Morgan fingerprint density at radius 3 is 2.75 bits per heavy atom. The van der Waals surface area contributed by atoms with Gasteiger partial charge in [-0.3, -0.25) is 4.68 Å². The highest BCUT2D eigenvalue weighted by molar-refractivity contribution is 6.30. The van der Waals surface area contributed by atoms with Crippen LogP contribution >= 0.6 is 11.6 Å². The molecule has 0 aliphatic rings. The second-order valence-corrected chi connectivity index (χ2v) is 6.28. The highest BCUT2D eigenvalue weighted by atomic mass is 35.5. The molecule has 108 valence electrons. The third kappa shape index (κ3) is 4.32. The summed E-state index contributed by atoms with van der Waals surface area (Å²) >= 11 is 5.88. The van der Waals surface area contributed by atoms with E-state index in [4.69, 9.17) is 11.6 Å². The minimum absolute atomic E-state index is 0.0445. The van der Waals surface area contributed by atoms with E-state index >= 15 is 0 Å². The lowest BCUT2D eigenvalue weighted by molar-refractivity contribution is 0.419. The van der Waals surface area contributed by atoms with Crippen LogP contribution in [0.2, 0.25) is 5.02 Å². The quantitative estimate of drug-likeness (QED) is 0.934. The van der Waals surface area contributed by atoms with E-state index in [0.717, 1.165) is 5.69 Å². The lowest BCUT2D eigenvalue weighted by Gasteiger charge is -2.19. The molecule has 0 aliphatic carbocycles. The number of halogens is 2. The van der Waals surface area contributed by atoms with Crippen LogP contribution < -0.4 is 5.32 Å². The molecular formula is C15H19ClFN3. The summed E-state index contributed by atoms with van der Waals surface area (Å²) in [6, 6.07) is 6.48. The SMILES string of the molecule is CC(C)(C)NCc1ccn(Cc2cc(Cl)ccc2F)n1. The number of hydrogen-bond donors (Lipinski definition) is 1. The van der Waals surface area contributed by atoms with Gasteiger partial charge in [0, 0.05) is 28.9 Å². The molecule has 1 heterocycles. The highest BCUT2D eigenvalue weighted by Crippen LogP contribution is 2.16. The van der Waals surface area contributed by atoms with Crippen LogP contribution in [0.3, 0.4) is 0 Å². The molecule has 0 aliphatic heterocycles. The summed E-state index contributed by atoms with van der Waals surface area (Å²) in [7, 11) is 0. The zero-order chi connectivity index (χ0) is 14.8. The first kappa shape index (κ1) is 15.0. The number of rotatable bonds is 4. The molecule has 2 rings (SSSR count). The van der Waals surface area contributed by atoms with Gasteiger partial charge >= 0.3 is 0 Å². The van der Waals surface area contributed by atoms with Gasteiger partial charge in [0.2, 0.25) is 0 Å². The average molecular weight is 296 g/mol. The van der Waals surface area contributed by atoms with E-state index in [1.54, 1.807) is 16.8 Å². The molecule has 5 heteroatoms. The largest absolute Gasteiger partial charge is 0.306 e. The van der Waals surface area contributed by atoms with Crippen LogP contribution in [0.25, 0.3) is 0 Å². The summed E-state index contributed by atoms with van der Waals surface area (Å²) < 4.78 is 15.4. The van der Waals surface area contributed by atoms with E-state index in [1.165, 1.54) is 6.07 Å². The summed E-state index contributed by atoms with van der Waals surface area (Å²) in [6.45, 7) is 7.37. The van der Waals surface area contributed by atoms with Crippen LogP contribution in [0.4, 0.5) is 4.39 Å². The second kappa shape index (κ2) is 5.94. The lowest BCUT2D eigenvalue weighted by atomic mass is 10.1. The van der Waals surface area contributed by atoms with Gasteiger partial charge in [-0.25, -0.2) is 4.39 Å². The molecule has 0 saturated carbocycles. The molecule has 0 radical (unpaired) electrons. The molecule has 20 heavy (non-hydrogen) atoms. The summed E-state index contributed by atoms with van der Waals surface area (Å²) in [5.41, 5.74) is 1.52. The Balaban J connectivity index is 2.04. The van der Waals surface area contributed by atoms with Crippen molar-refractivity contribution in [1.82, 2.24) is 15.1 Å². The first-order chi connectivity index (χ1) is 9.33. The highest BCUT2D eigenvalue weighted by Gasteiger charge is 2.10. The molecule has 1 N–H and O–H groups in total. The molecule has 1 aromatic heterocycles. The van der Waals surface area contributed by atoms with E-state index in [1.807, 2.05) is 12.3 Å². The second-order valence-electron chi connectivity index (χ2n) is 5.84. The van der Waals surface area contributed by atoms with Crippen molar-refractivity contribution in [3.8, 4) is 0 Å². The van der Waals surface area contributed by atoms with Gasteiger partial charge in [0.1, 0.15) is 5.82 Å². The number of benzene rings is 1. The monoisotopic (exact) mass is 295 g/mol. The molecule has 0 unspecified atom stereocenters. The van der Waals surface area contributed by atoms with Gasteiger partial charge in [-0.2, -0.15) is 5.10 Å². The number of nitrogens with one attached hydrogen (secondary N) is 1. The molecule has 3 nitrogen and oxygen atoms in total. The predicted molar refractivity (Wildman–Crippen MR) is 79.3 cm³/mol. The van der Waals surface area contributed by atoms with E-state index in [0.29, 0.717) is 23.7 Å². The normalized spacial score (nSPS) is 11.8. The Bertz CT molecular complexity index is 587. The van der Waals surface area contributed by atoms with Crippen molar-refractivity contribution < 1.29 is 4.39 Å². The Hall–Kier alpha value is -1.39. The lowest BCUT2D eigenvalue weighted by Crippen LogP contribution is -2.35. The van der Waals surface area contributed by atoms with Gasteiger partial charge in [0.15, 0.2) is 0 Å². The molecular weight excluding hydrogens is 277 g/mol. The van der Waals surface area contributed by atoms with Crippen molar-refractivity contribution in [3.05, 3.63) is 52.6 Å². The molecule has 0 bridgehead atoms. The summed E-state index contributed by atoms with van der Waals surface area (Å²) in [6.07, 6.45) is 1.85. The number of nitrogens with zero attached hydrogens (tertiary/aromatic N) is 2. The Morgan fingerprint density at radius 2 is 2.05 bits per heavy atom. The number of hydrogen-bond acceptors (Lipinski definition) is 2. The zero-order valence-corrected chi connectivity index (χ0v) is 12.7. The fourth-order valence-corrected chi connectivity index (χ4v) is 1.98. The fraction of sp³-hybridized carbons (Fsp3) is 0.400. The summed E-state index contributed by atoms with van der Waals surface area (Å²) in [5, 5.41) is 8.32. The predicted octanol–water partition coefficient (Wildman–Crippen LogP) is 3.61. The van der Waals surface area contributed by atoms with Gasteiger partial charge in [0.05, 0.1) is 12.2 Å². The summed E-state index contributed by atoms with van der Waals surface area (Å²) in [4.78, 5) is 0. The Labute approximate surface area is 123 Å². The standard InChI is InChI=1S/C15H19ClFN3/c1-15(2,3)18-9-13-6-7-20(19-13)10-11-8-12(16)4-5-14(11)17/h4-8,18H,9-10H2,1-3H3. The van der Waals surface area contributed by atoms with Crippen LogP contribution in [0.15, 0.2) is 30.5 Å². The van der Waals surface area contributed by atoms with E-state index in [9.17, 15) is 4.39 Å². The van der Waals surface area contributed by atoms with Crippen LogP contribution in [0.1, 0.15) is 32.0 Å². The van der Waals surface area contributed by atoms with Gasteiger partial charge in [-0.15, -0.1) is 0 Å². The van der Waals surface area contributed by atoms with E-state index < -0.39 is 0 Å². The third-order valence-corrected chi connectivity index (χ3v) is 3.07. The molecule has 1 aromatic carbocycles. The fourth-order valence-electron chi connectivity index (χ4n) is 1.78. The molecule has 0 fully saturated rings. The van der Waals surface area contributed by atoms with Crippen LogP contribution in [-0.2, 0) is 13.1 Å². The average Bonchev–Trinajstić information content (AvgIpc) is 2.78. The topological polar surface area (TPSA) is 29.9 Å². The molecule has 0 spiro atoms. The van der Waals surface area contributed by atoms with Crippen molar-refractivity contribution in [1.29, 1.82) is 0 Å². The first-order valence-electron chi connectivity index (χ1n) is 6.55. The van der Waals surface area contributed by atoms with Crippen molar-refractivity contribution in [2.75, 3.05) is 0 Å². The van der Waals surface area contributed by atoms with Crippen molar-refractivity contribution in [2.45, 2.75) is 39.4 Å². The maximum Gasteiger partial charge on any atom is 0.128 e. The van der Waals surface area contributed by atoms with Crippen LogP contribution in [-0.4, -0.2) is 15.3 Å². The van der Waals surface area contributed by atoms with Crippen molar-refractivity contribution in [2.24, 2.45) is 0 Å². The summed E-state index contributed by atoms with van der Waals surface area (Å²) in [5.74, 6) is -0.265. The zero-order valence-electron chi connectivity index (χ0n) is 12.0. The molecule has 0 saturated heterocycles. The molecule has 0 amide bonds. The maximum atomic E-state index is 13.7. The van der Waals surface area contributed by atoms with Gasteiger partial charge < -0.3 is 5.32 Å². The van der Waals surface area contributed by atoms with E-state index in [2.05, 4.69) is 31.2 Å². The third-order valence-electron chi connectivity index (χ3n) is 2.84. The Morgan fingerprint density at radius 1 is 1.30 bits per heavy atom. The number of aromatic nitrogens is 2. The maximum absolute atomic E-state index is 13.7. The molecule has 0 atom stereocenters. The van der Waals surface area contributed by atoms with Crippen molar-refractivity contribution >= 4 is 11.6 Å². The molecule has 2 aromatic rings. The first-order valence-corrected chi connectivity index (χ1v) is 6.92. The van der Waals surface area contributed by atoms with Gasteiger partial charge in [-0.1, -0.05) is 11.6 Å². The van der Waals surface area contributed by atoms with E-state index in [-0.39, 0.29) is 11.4 Å². The van der Waals surface area contributed by atoms with Gasteiger partial charge in [-0.05, 0) is 45.0 Å². The van der Waals surface area contributed by atoms with Crippen molar-refractivity contribution in [3.63, 3.8) is 0 Å². The minimum atomic E-state index is -0.265. The van der Waals surface area contributed by atoms with Crippen LogP contribution in [0, 0.1) is 5.82 Å². The minimum Gasteiger partial charge on any atom is -0.306 e. The smallest absolute Gasteiger partial charge is 0.128 e.